The van der Waals surface area contributed by atoms with Crippen molar-refractivity contribution in [3.63, 3.8) is 0 Å². The maximum atomic E-state index is 14.1. The zero-order chi connectivity index (χ0) is 35.4. The molecule has 3 aromatic rings. The van der Waals surface area contributed by atoms with E-state index < -0.39 is 98.3 Å². The molecule has 6 rings (SSSR count). The molecule has 10 nitrogen and oxygen atoms in total. The number of nitrogens with one attached hydrogen (secondary N) is 2. The highest BCUT2D eigenvalue weighted by Crippen LogP contribution is 2.55. The number of halogens is 9. The highest BCUT2D eigenvalue weighted by atomic mass is 19.4. The van der Waals surface area contributed by atoms with Crippen LogP contribution in [0.25, 0.3) is 5.65 Å². The van der Waals surface area contributed by atoms with Crippen LogP contribution in [0.3, 0.4) is 0 Å². The van der Waals surface area contributed by atoms with Gasteiger partial charge >= 0.3 is 18.0 Å². The predicted octanol–water partition coefficient (Wildman–Crippen LogP) is 6.21. The van der Waals surface area contributed by atoms with E-state index in [1.165, 1.54) is 16.9 Å². The van der Waals surface area contributed by atoms with Crippen LogP contribution in [0.5, 0.6) is 0 Å². The molecule has 19 heteroatoms. The number of imidazole rings is 1. The van der Waals surface area contributed by atoms with Crippen LogP contribution in [0.4, 0.5) is 39.5 Å². The van der Waals surface area contributed by atoms with Gasteiger partial charge in [0.15, 0.2) is 5.65 Å². The molecule has 3 saturated carbocycles. The molecule has 0 radical (unpaired) electrons. The van der Waals surface area contributed by atoms with Crippen molar-refractivity contribution in [2.24, 2.45) is 17.8 Å². The van der Waals surface area contributed by atoms with Gasteiger partial charge in [0, 0.05) is 25.7 Å². The van der Waals surface area contributed by atoms with Gasteiger partial charge in [-0.2, -0.15) is 35.8 Å². The molecule has 1 unspecified atom stereocenters. The normalized spacial score (nSPS) is 23.3. The zero-order valence-corrected chi connectivity index (χ0v) is 25.9. The smallest absolute Gasteiger partial charge is 0.349 e. The van der Waals surface area contributed by atoms with Crippen molar-refractivity contribution in [1.82, 2.24) is 40.2 Å². The molecule has 3 atom stereocenters. The number of nitrogens with zero attached hydrogens (tertiary/aromatic N) is 6. The predicted molar refractivity (Wildman–Crippen MR) is 152 cm³/mol. The molecule has 3 fully saturated rings. The third kappa shape index (κ3) is 7.34. The molecule has 3 heterocycles. The minimum atomic E-state index is -4.49. The molecule has 49 heavy (non-hydrogen) atoms. The van der Waals surface area contributed by atoms with E-state index in [2.05, 4.69) is 31.0 Å². The summed E-state index contributed by atoms with van der Waals surface area (Å²) in [5.74, 6) is -15.4. The number of fused-ring (bicyclic) bond motifs is 1. The van der Waals surface area contributed by atoms with E-state index >= 15 is 0 Å². The first-order chi connectivity index (χ1) is 22.9. The average molecular weight is 709 g/mol. The number of hydrogen-bond donors (Lipinski definition) is 2. The first-order valence-electron chi connectivity index (χ1n) is 16.0. The van der Waals surface area contributed by atoms with Gasteiger partial charge in [0.05, 0.1) is 55.3 Å². The Hall–Kier alpha value is -3.93. The zero-order valence-electron chi connectivity index (χ0n) is 25.9. The summed E-state index contributed by atoms with van der Waals surface area (Å²) in [7, 11) is 0. The summed E-state index contributed by atoms with van der Waals surface area (Å²) in [5.41, 5.74) is 0.681. The number of carbonyl (C=O) groups is 2. The van der Waals surface area contributed by atoms with Crippen molar-refractivity contribution in [3.8, 4) is 0 Å². The maximum absolute atomic E-state index is 14.1. The molecule has 2 N–H and O–H groups in total. The highest BCUT2D eigenvalue weighted by Gasteiger charge is 2.71. The third-order valence-electron chi connectivity index (χ3n) is 9.88. The van der Waals surface area contributed by atoms with E-state index in [4.69, 9.17) is 0 Å². The average Bonchev–Trinajstić information content (AvgIpc) is 3.64. The van der Waals surface area contributed by atoms with Gasteiger partial charge in [-0.3, -0.25) is 9.59 Å². The number of aromatic nitrogens is 6. The van der Waals surface area contributed by atoms with Crippen molar-refractivity contribution in [1.29, 1.82) is 0 Å². The molecular formula is C30H33F9N8O2. The first-order valence-corrected chi connectivity index (χ1v) is 16.0. The number of alkyl halides is 9. The van der Waals surface area contributed by atoms with E-state index in [9.17, 15) is 49.1 Å². The number of rotatable bonds is 11. The van der Waals surface area contributed by atoms with Crippen LogP contribution in [0.2, 0.25) is 0 Å². The molecule has 3 aliphatic carbocycles. The summed E-state index contributed by atoms with van der Waals surface area (Å²) in [6.07, 6.45) is -2.24. The van der Waals surface area contributed by atoms with Crippen molar-refractivity contribution < 1.29 is 49.1 Å². The largest absolute Gasteiger partial charge is 0.389 e. The Kier molecular flexibility index (Phi) is 9.09. The van der Waals surface area contributed by atoms with Gasteiger partial charge in [-0.1, -0.05) is 11.6 Å². The van der Waals surface area contributed by atoms with Crippen LogP contribution in [0.15, 0.2) is 24.7 Å². The molecule has 0 aromatic carbocycles. The van der Waals surface area contributed by atoms with Crippen molar-refractivity contribution in [2.45, 2.75) is 107 Å². The van der Waals surface area contributed by atoms with Crippen LogP contribution < -0.4 is 10.6 Å². The van der Waals surface area contributed by atoms with E-state index in [1.54, 1.807) is 6.07 Å². The van der Waals surface area contributed by atoms with E-state index in [1.807, 2.05) is 0 Å². The Morgan fingerprint density at radius 3 is 2.27 bits per heavy atom. The Morgan fingerprint density at radius 1 is 0.959 bits per heavy atom. The summed E-state index contributed by atoms with van der Waals surface area (Å²) in [6, 6.07) is 0.000386. The lowest BCUT2D eigenvalue weighted by Gasteiger charge is -2.43. The van der Waals surface area contributed by atoms with Gasteiger partial charge in [-0.25, -0.2) is 23.0 Å². The highest BCUT2D eigenvalue weighted by molar-refractivity contribution is 5.92. The van der Waals surface area contributed by atoms with Crippen molar-refractivity contribution in [2.75, 3.05) is 0 Å². The van der Waals surface area contributed by atoms with E-state index in [-0.39, 0.29) is 35.8 Å². The molecule has 0 bridgehead atoms. The maximum Gasteiger partial charge on any atom is 0.389 e. The fourth-order valence-electron chi connectivity index (χ4n) is 6.72. The summed E-state index contributed by atoms with van der Waals surface area (Å²) in [6.45, 7) is -0.707. The summed E-state index contributed by atoms with van der Waals surface area (Å²) in [4.78, 5) is 30.5. The topological polar surface area (TPSA) is 119 Å². The van der Waals surface area contributed by atoms with Crippen LogP contribution >= 0.6 is 0 Å². The molecule has 3 aliphatic rings. The van der Waals surface area contributed by atoms with Crippen LogP contribution in [-0.2, 0) is 11.3 Å². The lowest BCUT2D eigenvalue weighted by atomic mass is 9.76. The second-order valence-corrected chi connectivity index (χ2v) is 13.3. The second-order valence-electron chi connectivity index (χ2n) is 13.3. The number of hydrogen-bond acceptors (Lipinski definition) is 6. The van der Waals surface area contributed by atoms with Crippen LogP contribution in [-0.4, -0.2) is 65.4 Å². The van der Waals surface area contributed by atoms with Gasteiger partial charge in [-0.05, 0) is 49.1 Å². The Morgan fingerprint density at radius 2 is 1.65 bits per heavy atom. The fourth-order valence-corrected chi connectivity index (χ4v) is 6.72. The van der Waals surface area contributed by atoms with Crippen molar-refractivity contribution in [3.05, 3.63) is 41.6 Å². The van der Waals surface area contributed by atoms with Gasteiger partial charge in [0.2, 0.25) is 11.8 Å². The van der Waals surface area contributed by atoms with Gasteiger partial charge in [0.1, 0.15) is 5.69 Å². The summed E-state index contributed by atoms with van der Waals surface area (Å²) >= 11 is 0. The minimum absolute atomic E-state index is 0.000893. The summed E-state index contributed by atoms with van der Waals surface area (Å²) in [5, 5.41) is 17.0. The Balaban J connectivity index is 1.24. The molecular weight excluding hydrogens is 675 g/mol. The minimum Gasteiger partial charge on any atom is -0.349 e. The molecule has 268 valence electrons. The van der Waals surface area contributed by atoms with Crippen molar-refractivity contribution >= 4 is 17.5 Å². The fraction of sp³-hybridized carbons (Fsp3) is 0.667. The summed E-state index contributed by atoms with van der Waals surface area (Å²) < 4.78 is 123. The van der Waals surface area contributed by atoms with Crippen LogP contribution in [0.1, 0.15) is 98.0 Å². The SMILES string of the molecule is O=C(CCC(F)(F)F)N[C@@H](c1cnn2cc([C@@H](NC(=O)c3cnnn3CC3CC(F)(F)C3(F)F)C3CCC(F)(F)CC3)nc2c1)C1CCC1. The Labute approximate surface area is 273 Å². The molecule has 0 aliphatic heterocycles. The van der Waals surface area contributed by atoms with Gasteiger partial charge < -0.3 is 10.6 Å². The molecule has 0 saturated heterocycles. The van der Waals surface area contributed by atoms with Crippen LogP contribution in [0, 0.1) is 17.8 Å². The van der Waals surface area contributed by atoms with E-state index in [0.717, 1.165) is 30.1 Å². The van der Waals surface area contributed by atoms with Gasteiger partial charge in [0.25, 0.3) is 5.91 Å². The molecule has 2 amide bonds. The number of amides is 2. The van der Waals surface area contributed by atoms with Gasteiger partial charge in [-0.15, -0.1) is 5.10 Å². The lowest BCUT2D eigenvalue weighted by molar-refractivity contribution is -0.316. The molecule has 3 aromatic heterocycles. The lowest BCUT2D eigenvalue weighted by Crippen LogP contribution is -2.60. The Bertz CT molecular complexity index is 1680. The second kappa shape index (κ2) is 12.8. The molecule has 0 spiro atoms. The quantitative estimate of drug-likeness (QED) is 0.229. The first kappa shape index (κ1) is 34.9. The number of carbonyl (C=O) groups excluding carboxylic acids is 2. The van der Waals surface area contributed by atoms with E-state index in [0.29, 0.717) is 5.56 Å². The monoisotopic (exact) mass is 708 g/mol. The third-order valence-corrected chi connectivity index (χ3v) is 9.88. The standard InChI is InChI=1S/C30H33F9N8O2/c31-27(32)7-4-17(5-8-27)25(44-26(49)21-13-40-45-46(21)14-19-11-28(33,34)30(19,38)39)20-15-47-22(42-20)10-18(12-41-47)24(16-2-1-3-16)43-23(48)6-9-29(35,36)37/h10,12-13,15-17,19,24-25H,1-9,11,14H2,(H,43,48)(H,44,49)/t19?,24-,25+/m1/s1.